The molecule has 0 spiro atoms. The van der Waals surface area contributed by atoms with Crippen LogP contribution in [0.25, 0.3) is 11.0 Å². The molecule has 37 heavy (non-hydrogen) atoms. The van der Waals surface area contributed by atoms with Crippen molar-refractivity contribution in [3.63, 3.8) is 0 Å². The molecule has 0 saturated carbocycles. The minimum absolute atomic E-state index is 0.169. The van der Waals surface area contributed by atoms with Crippen molar-refractivity contribution >= 4 is 16.9 Å². The highest BCUT2D eigenvalue weighted by Gasteiger charge is 2.18. The third kappa shape index (κ3) is 5.88. The highest BCUT2D eigenvalue weighted by atomic mass is 16.5. The van der Waals surface area contributed by atoms with Crippen LogP contribution in [0.15, 0.2) is 66.7 Å². The number of nitrogens with one attached hydrogen (secondary N) is 1. The summed E-state index contributed by atoms with van der Waals surface area (Å²) in [7, 11) is 4.61. The lowest BCUT2D eigenvalue weighted by atomic mass is 10.1. The molecule has 0 fully saturated rings. The van der Waals surface area contributed by atoms with Gasteiger partial charge in [-0.2, -0.15) is 0 Å². The zero-order chi connectivity index (χ0) is 26.2. The number of rotatable bonds is 12. The highest BCUT2D eigenvalue weighted by molar-refractivity contribution is 5.95. The van der Waals surface area contributed by atoms with Crippen LogP contribution in [-0.2, 0) is 6.42 Å². The number of aromatic nitrogens is 2. The number of carbonyl (C=O) groups is 1. The summed E-state index contributed by atoms with van der Waals surface area (Å²) in [5, 5.41) is 3.00. The topological polar surface area (TPSA) is 74.6 Å². The van der Waals surface area contributed by atoms with E-state index in [4.69, 9.17) is 19.2 Å². The second-order valence-electron chi connectivity index (χ2n) is 8.95. The molecule has 1 amide bonds. The maximum atomic E-state index is 12.7. The SMILES string of the molecule is COc1cc(C(=O)NCCCCCc2nc3ccccc3n2C(C)c2ccccc2)cc(OC)c1OC. The Bertz CT molecular complexity index is 1310. The van der Waals surface area contributed by atoms with Crippen LogP contribution in [0.3, 0.4) is 0 Å². The Morgan fingerprint density at radius 2 is 1.57 bits per heavy atom. The van der Waals surface area contributed by atoms with E-state index in [1.165, 1.54) is 26.9 Å². The van der Waals surface area contributed by atoms with Crippen molar-refractivity contribution in [2.24, 2.45) is 0 Å². The maximum absolute atomic E-state index is 12.7. The van der Waals surface area contributed by atoms with Crippen molar-refractivity contribution in [1.29, 1.82) is 0 Å². The number of benzene rings is 3. The van der Waals surface area contributed by atoms with Crippen molar-refractivity contribution in [3.8, 4) is 17.2 Å². The number of methoxy groups -OCH3 is 3. The van der Waals surface area contributed by atoms with Gasteiger partial charge in [-0.25, -0.2) is 4.98 Å². The zero-order valence-electron chi connectivity index (χ0n) is 22.0. The summed E-state index contributed by atoms with van der Waals surface area (Å²) in [4.78, 5) is 17.7. The highest BCUT2D eigenvalue weighted by Crippen LogP contribution is 2.38. The predicted octanol–water partition coefficient (Wildman–Crippen LogP) is 5.81. The molecule has 4 aromatic rings. The van der Waals surface area contributed by atoms with Crippen molar-refractivity contribution in [3.05, 3.63) is 83.7 Å². The molecule has 194 valence electrons. The molecule has 0 aliphatic heterocycles. The largest absolute Gasteiger partial charge is 0.493 e. The van der Waals surface area contributed by atoms with Gasteiger partial charge in [-0.15, -0.1) is 0 Å². The Hall–Kier alpha value is -4.00. The average Bonchev–Trinajstić information content (AvgIpc) is 3.32. The van der Waals surface area contributed by atoms with E-state index >= 15 is 0 Å². The van der Waals surface area contributed by atoms with Crippen LogP contribution in [0, 0.1) is 0 Å². The molecule has 3 aromatic carbocycles. The molecule has 1 N–H and O–H groups in total. The van der Waals surface area contributed by atoms with E-state index in [0.29, 0.717) is 29.4 Å². The van der Waals surface area contributed by atoms with Gasteiger partial charge < -0.3 is 24.1 Å². The number of imidazole rings is 1. The lowest BCUT2D eigenvalue weighted by molar-refractivity contribution is 0.0952. The Morgan fingerprint density at radius 1 is 0.892 bits per heavy atom. The van der Waals surface area contributed by atoms with Crippen LogP contribution < -0.4 is 19.5 Å². The van der Waals surface area contributed by atoms with Crippen LogP contribution in [0.4, 0.5) is 0 Å². The first-order chi connectivity index (χ1) is 18.1. The fraction of sp³-hybridized carbons (Fsp3) is 0.333. The number of carbonyl (C=O) groups excluding carboxylic acids is 1. The number of para-hydroxylation sites is 2. The third-order valence-corrected chi connectivity index (χ3v) is 6.63. The Morgan fingerprint density at radius 3 is 2.24 bits per heavy atom. The second kappa shape index (κ2) is 12.3. The van der Waals surface area contributed by atoms with Gasteiger partial charge in [-0.1, -0.05) is 48.9 Å². The number of ether oxygens (including phenoxy) is 3. The van der Waals surface area contributed by atoms with E-state index in [0.717, 1.165) is 42.5 Å². The first-order valence-electron chi connectivity index (χ1n) is 12.7. The summed E-state index contributed by atoms with van der Waals surface area (Å²) in [6.45, 7) is 2.82. The quantitative estimate of drug-likeness (QED) is 0.248. The fourth-order valence-electron chi connectivity index (χ4n) is 4.68. The molecule has 0 aliphatic carbocycles. The molecule has 1 atom stereocenters. The number of amides is 1. The summed E-state index contributed by atoms with van der Waals surface area (Å²) >= 11 is 0. The Kier molecular flexibility index (Phi) is 8.67. The molecule has 0 radical (unpaired) electrons. The van der Waals surface area contributed by atoms with Crippen LogP contribution >= 0.6 is 0 Å². The lowest BCUT2D eigenvalue weighted by Crippen LogP contribution is -2.24. The number of hydrogen-bond acceptors (Lipinski definition) is 5. The fourth-order valence-corrected chi connectivity index (χ4v) is 4.68. The van der Waals surface area contributed by atoms with Gasteiger partial charge in [0.2, 0.25) is 5.75 Å². The zero-order valence-corrected chi connectivity index (χ0v) is 22.0. The van der Waals surface area contributed by atoms with E-state index in [-0.39, 0.29) is 11.9 Å². The van der Waals surface area contributed by atoms with Gasteiger partial charge in [0.05, 0.1) is 38.4 Å². The van der Waals surface area contributed by atoms with E-state index < -0.39 is 0 Å². The molecule has 0 saturated heterocycles. The standard InChI is InChI=1S/C30H35N3O4/c1-21(22-13-7-5-8-14-22)33-25-16-11-10-15-24(25)32-28(33)17-9-6-12-18-31-30(34)23-19-26(35-2)29(37-4)27(20-23)36-3/h5,7-8,10-11,13-16,19-21H,6,9,12,17-18H2,1-4H3,(H,31,34). The summed E-state index contributed by atoms with van der Waals surface area (Å²) in [5.41, 5.74) is 3.92. The molecule has 0 aliphatic rings. The molecule has 1 aromatic heterocycles. The third-order valence-electron chi connectivity index (χ3n) is 6.63. The molecule has 1 unspecified atom stereocenters. The molecule has 0 bridgehead atoms. The van der Waals surface area contributed by atoms with Crippen molar-refractivity contribution in [2.45, 2.75) is 38.6 Å². The van der Waals surface area contributed by atoms with Gasteiger partial charge in [0.25, 0.3) is 5.91 Å². The van der Waals surface area contributed by atoms with Crippen LogP contribution in [0.1, 0.15) is 54.0 Å². The summed E-state index contributed by atoms with van der Waals surface area (Å²) in [6.07, 6.45) is 3.74. The summed E-state index contributed by atoms with van der Waals surface area (Å²) in [6, 6.07) is 22.4. The minimum Gasteiger partial charge on any atom is -0.493 e. The average molecular weight is 502 g/mol. The van der Waals surface area contributed by atoms with E-state index in [9.17, 15) is 4.79 Å². The van der Waals surface area contributed by atoms with Crippen molar-refractivity contribution < 1.29 is 19.0 Å². The van der Waals surface area contributed by atoms with Gasteiger partial charge >= 0.3 is 0 Å². The van der Waals surface area contributed by atoms with Crippen LogP contribution in [-0.4, -0.2) is 43.3 Å². The number of fused-ring (bicyclic) bond motifs is 1. The van der Waals surface area contributed by atoms with Crippen molar-refractivity contribution in [1.82, 2.24) is 14.9 Å². The van der Waals surface area contributed by atoms with E-state index in [1.807, 2.05) is 12.1 Å². The van der Waals surface area contributed by atoms with Gasteiger partial charge in [0.15, 0.2) is 11.5 Å². The molecule has 4 rings (SSSR count). The Balaban J connectivity index is 1.34. The summed E-state index contributed by atoms with van der Waals surface area (Å²) in [5.74, 6) is 2.31. The second-order valence-corrected chi connectivity index (χ2v) is 8.95. The molecule has 7 nitrogen and oxygen atoms in total. The summed E-state index contributed by atoms with van der Waals surface area (Å²) < 4.78 is 18.4. The van der Waals surface area contributed by atoms with E-state index in [1.54, 1.807) is 12.1 Å². The number of hydrogen-bond donors (Lipinski definition) is 1. The normalized spacial score (nSPS) is 11.8. The minimum atomic E-state index is -0.169. The van der Waals surface area contributed by atoms with Crippen LogP contribution in [0.5, 0.6) is 17.2 Å². The number of nitrogens with zero attached hydrogens (tertiary/aromatic N) is 2. The molecule has 1 heterocycles. The van der Waals surface area contributed by atoms with Gasteiger partial charge in [-0.05, 0) is 49.6 Å². The maximum Gasteiger partial charge on any atom is 0.251 e. The Labute approximate surface area is 218 Å². The molecular weight excluding hydrogens is 466 g/mol. The van der Waals surface area contributed by atoms with E-state index in [2.05, 4.69) is 59.3 Å². The lowest BCUT2D eigenvalue weighted by Gasteiger charge is -2.18. The molecule has 7 heteroatoms. The number of unbranched alkanes of at least 4 members (excludes halogenated alkanes) is 2. The molecular formula is C30H35N3O4. The predicted molar refractivity (Wildman–Crippen MR) is 146 cm³/mol. The van der Waals surface area contributed by atoms with Crippen molar-refractivity contribution in [2.75, 3.05) is 27.9 Å². The van der Waals surface area contributed by atoms with Gasteiger partial charge in [0.1, 0.15) is 5.82 Å². The smallest absolute Gasteiger partial charge is 0.251 e. The first kappa shape index (κ1) is 26.1. The number of aryl methyl sites for hydroxylation is 1. The van der Waals surface area contributed by atoms with Gasteiger partial charge in [-0.3, -0.25) is 4.79 Å². The monoisotopic (exact) mass is 501 g/mol. The first-order valence-corrected chi connectivity index (χ1v) is 12.7. The van der Waals surface area contributed by atoms with Gasteiger partial charge in [0, 0.05) is 18.5 Å². The van der Waals surface area contributed by atoms with Crippen LogP contribution in [0.2, 0.25) is 0 Å².